The normalized spacial score (nSPS) is 11.2. The summed E-state index contributed by atoms with van der Waals surface area (Å²) in [6.45, 7) is 4.17. The van der Waals surface area contributed by atoms with Crippen LogP contribution in [-0.4, -0.2) is 19.6 Å². The number of ether oxygens (including phenoxy) is 1. The van der Waals surface area contributed by atoms with Crippen LogP contribution in [0.1, 0.15) is 18.1 Å². The molecule has 0 saturated carbocycles. The molecule has 2 N–H and O–H groups in total. The second-order valence-electron chi connectivity index (χ2n) is 5.02. The van der Waals surface area contributed by atoms with E-state index in [2.05, 4.69) is 15.6 Å². The van der Waals surface area contributed by atoms with Gasteiger partial charge >= 0.3 is 0 Å². The Morgan fingerprint density at radius 1 is 1.00 bits per heavy atom. The molecule has 0 heterocycles. The number of rotatable bonds is 6. The molecule has 0 atom stereocenters. The van der Waals surface area contributed by atoms with Crippen molar-refractivity contribution in [2.45, 2.75) is 20.0 Å². The molecule has 0 aliphatic carbocycles. The first-order chi connectivity index (χ1) is 11.2. The molecule has 0 fully saturated rings. The molecule has 122 valence electrons. The molecule has 23 heavy (non-hydrogen) atoms. The smallest absolute Gasteiger partial charge is 0.191 e. The first kappa shape index (κ1) is 17.2. The molecule has 0 aromatic heterocycles. The minimum atomic E-state index is 0.611. The molecule has 0 bridgehead atoms. The van der Waals surface area contributed by atoms with Crippen LogP contribution in [0.25, 0.3) is 0 Å². The van der Waals surface area contributed by atoms with Gasteiger partial charge in [-0.05, 0) is 42.3 Å². The Bertz CT molecular complexity index is 624. The average molecular weight is 332 g/mol. The highest BCUT2D eigenvalue weighted by Crippen LogP contribution is 2.12. The van der Waals surface area contributed by atoms with Gasteiger partial charge in [-0.2, -0.15) is 0 Å². The van der Waals surface area contributed by atoms with E-state index in [9.17, 15) is 0 Å². The maximum absolute atomic E-state index is 5.90. The van der Waals surface area contributed by atoms with E-state index >= 15 is 0 Å². The molecular weight excluding hydrogens is 310 g/mol. The van der Waals surface area contributed by atoms with Gasteiger partial charge in [0.25, 0.3) is 0 Å². The molecule has 0 radical (unpaired) electrons. The summed E-state index contributed by atoms with van der Waals surface area (Å²) in [4.78, 5) is 4.60. The van der Waals surface area contributed by atoms with E-state index in [4.69, 9.17) is 16.3 Å². The molecule has 4 nitrogen and oxygen atoms in total. The van der Waals surface area contributed by atoms with Crippen LogP contribution in [0, 0.1) is 0 Å². The second-order valence-corrected chi connectivity index (χ2v) is 5.46. The summed E-state index contributed by atoms with van der Waals surface area (Å²) in [6, 6.07) is 15.7. The lowest BCUT2D eigenvalue weighted by atomic mass is 10.2. The standard InChI is InChI=1S/C18H22ClN3O/c1-3-20-18(21-12-14-4-8-16(19)9-5-14)22-13-15-6-10-17(23-2)11-7-15/h4-11H,3,12-13H2,1-2H3,(H2,20,21,22). The van der Waals surface area contributed by atoms with Gasteiger partial charge in [0.2, 0.25) is 0 Å². The number of aliphatic imine (C=N–C) groups is 1. The van der Waals surface area contributed by atoms with Crippen LogP contribution in [0.3, 0.4) is 0 Å². The SMILES string of the molecule is CCNC(=NCc1ccc(OC)cc1)NCc1ccc(Cl)cc1. The molecule has 0 saturated heterocycles. The third-order valence-corrected chi connectivity index (χ3v) is 3.55. The highest BCUT2D eigenvalue weighted by atomic mass is 35.5. The van der Waals surface area contributed by atoms with Crippen LogP contribution < -0.4 is 15.4 Å². The maximum atomic E-state index is 5.90. The lowest BCUT2D eigenvalue weighted by Crippen LogP contribution is -2.36. The molecular formula is C18H22ClN3O. The van der Waals surface area contributed by atoms with Crippen LogP contribution in [0.4, 0.5) is 0 Å². The van der Waals surface area contributed by atoms with Crippen molar-refractivity contribution in [3.8, 4) is 5.75 Å². The summed E-state index contributed by atoms with van der Waals surface area (Å²) in [5, 5.41) is 7.31. The van der Waals surface area contributed by atoms with Crippen LogP contribution in [-0.2, 0) is 13.1 Å². The highest BCUT2D eigenvalue weighted by molar-refractivity contribution is 6.30. The fourth-order valence-corrected chi connectivity index (χ4v) is 2.16. The van der Waals surface area contributed by atoms with Gasteiger partial charge in [0.1, 0.15) is 5.75 Å². The van der Waals surface area contributed by atoms with Crippen molar-refractivity contribution in [3.05, 3.63) is 64.7 Å². The van der Waals surface area contributed by atoms with Crippen molar-refractivity contribution >= 4 is 17.6 Å². The van der Waals surface area contributed by atoms with Crippen molar-refractivity contribution in [1.29, 1.82) is 0 Å². The maximum Gasteiger partial charge on any atom is 0.191 e. The summed E-state index contributed by atoms with van der Waals surface area (Å²) in [5.41, 5.74) is 2.29. The number of methoxy groups -OCH3 is 1. The van der Waals surface area contributed by atoms with Gasteiger partial charge in [-0.15, -0.1) is 0 Å². The van der Waals surface area contributed by atoms with Crippen molar-refractivity contribution in [2.75, 3.05) is 13.7 Å². The number of hydrogen-bond acceptors (Lipinski definition) is 2. The third kappa shape index (κ3) is 5.83. The summed E-state index contributed by atoms with van der Waals surface area (Å²) in [5.74, 6) is 1.64. The van der Waals surface area contributed by atoms with E-state index in [1.54, 1.807) is 7.11 Å². The number of nitrogens with zero attached hydrogens (tertiary/aromatic N) is 1. The lowest BCUT2D eigenvalue weighted by molar-refractivity contribution is 0.414. The van der Waals surface area contributed by atoms with Crippen molar-refractivity contribution < 1.29 is 4.74 Å². The Labute approximate surface area is 142 Å². The first-order valence-corrected chi connectivity index (χ1v) is 7.98. The molecule has 0 unspecified atom stereocenters. The van der Waals surface area contributed by atoms with Crippen molar-refractivity contribution in [2.24, 2.45) is 4.99 Å². The molecule has 2 rings (SSSR count). The summed E-state index contributed by atoms with van der Waals surface area (Å²) in [6.07, 6.45) is 0. The van der Waals surface area contributed by atoms with E-state index in [0.717, 1.165) is 34.4 Å². The number of hydrogen-bond donors (Lipinski definition) is 2. The van der Waals surface area contributed by atoms with Crippen molar-refractivity contribution in [1.82, 2.24) is 10.6 Å². The molecule has 0 amide bonds. The zero-order valence-electron chi connectivity index (χ0n) is 13.5. The van der Waals surface area contributed by atoms with Gasteiger partial charge in [-0.1, -0.05) is 35.9 Å². The van der Waals surface area contributed by atoms with Gasteiger partial charge in [0, 0.05) is 18.1 Å². The Morgan fingerprint density at radius 2 is 1.65 bits per heavy atom. The van der Waals surface area contributed by atoms with Gasteiger partial charge in [0.15, 0.2) is 5.96 Å². The van der Waals surface area contributed by atoms with Crippen LogP contribution in [0.5, 0.6) is 5.75 Å². The van der Waals surface area contributed by atoms with Gasteiger partial charge in [-0.3, -0.25) is 0 Å². The fourth-order valence-electron chi connectivity index (χ4n) is 2.03. The molecule has 2 aromatic rings. The van der Waals surface area contributed by atoms with Crippen LogP contribution >= 0.6 is 11.6 Å². The van der Waals surface area contributed by atoms with E-state index in [0.29, 0.717) is 13.1 Å². The molecule has 0 aliphatic heterocycles. The number of guanidine groups is 1. The molecule has 5 heteroatoms. The van der Waals surface area contributed by atoms with E-state index in [-0.39, 0.29) is 0 Å². The number of halogens is 1. The monoisotopic (exact) mass is 331 g/mol. The predicted molar refractivity (Wildman–Crippen MR) is 96.1 cm³/mol. The fraction of sp³-hybridized carbons (Fsp3) is 0.278. The topological polar surface area (TPSA) is 45.7 Å². The Kier molecular flexibility index (Phi) is 6.76. The van der Waals surface area contributed by atoms with Crippen molar-refractivity contribution in [3.63, 3.8) is 0 Å². The molecule has 0 spiro atoms. The minimum Gasteiger partial charge on any atom is -0.497 e. The number of nitrogens with one attached hydrogen (secondary N) is 2. The van der Waals surface area contributed by atoms with Crippen LogP contribution in [0.2, 0.25) is 5.02 Å². The zero-order valence-corrected chi connectivity index (χ0v) is 14.2. The van der Waals surface area contributed by atoms with E-state index < -0.39 is 0 Å². The Hall–Kier alpha value is -2.20. The second kappa shape index (κ2) is 9.06. The predicted octanol–water partition coefficient (Wildman–Crippen LogP) is 3.60. The highest BCUT2D eigenvalue weighted by Gasteiger charge is 1.99. The summed E-state index contributed by atoms with van der Waals surface area (Å²) in [7, 11) is 1.66. The first-order valence-electron chi connectivity index (χ1n) is 7.61. The molecule has 2 aromatic carbocycles. The quantitative estimate of drug-likeness (QED) is 0.628. The van der Waals surface area contributed by atoms with Gasteiger partial charge in [-0.25, -0.2) is 4.99 Å². The summed E-state index contributed by atoms with van der Waals surface area (Å²) >= 11 is 5.90. The van der Waals surface area contributed by atoms with Crippen LogP contribution in [0.15, 0.2) is 53.5 Å². The van der Waals surface area contributed by atoms with E-state index in [1.807, 2.05) is 55.5 Å². The van der Waals surface area contributed by atoms with Gasteiger partial charge in [0.05, 0.1) is 13.7 Å². The molecule has 0 aliphatic rings. The third-order valence-electron chi connectivity index (χ3n) is 3.30. The Balaban J connectivity index is 1.94. The average Bonchev–Trinajstić information content (AvgIpc) is 2.59. The number of benzene rings is 2. The van der Waals surface area contributed by atoms with Gasteiger partial charge < -0.3 is 15.4 Å². The largest absolute Gasteiger partial charge is 0.497 e. The Morgan fingerprint density at radius 3 is 2.26 bits per heavy atom. The summed E-state index contributed by atoms with van der Waals surface area (Å²) < 4.78 is 5.16. The van der Waals surface area contributed by atoms with E-state index in [1.165, 1.54) is 0 Å². The zero-order chi connectivity index (χ0) is 16.5. The minimum absolute atomic E-state index is 0.611. The lowest BCUT2D eigenvalue weighted by Gasteiger charge is -2.11.